The van der Waals surface area contributed by atoms with Crippen LogP contribution in [0.2, 0.25) is 0 Å². The van der Waals surface area contributed by atoms with Gasteiger partial charge >= 0.3 is 0 Å². The van der Waals surface area contributed by atoms with Gasteiger partial charge in [-0.2, -0.15) is 0 Å². The topological polar surface area (TPSA) is 61.8 Å². The Bertz CT molecular complexity index is 682. The van der Waals surface area contributed by atoms with Crippen LogP contribution in [0.1, 0.15) is 38.3 Å². The molecule has 1 aromatic carbocycles. The minimum absolute atomic E-state index is 0.159. The molecular weight excluding hydrogens is 334 g/mol. The van der Waals surface area contributed by atoms with E-state index in [0.29, 0.717) is 13.0 Å². The number of hydrogen-bond acceptors (Lipinski definition) is 3. The lowest BCUT2D eigenvalue weighted by molar-refractivity contribution is 0.361. The lowest BCUT2D eigenvalue weighted by Gasteiger charge is -2.26. The van der Waals surface area contributed by atoms with Crippen LogP contribution < -0.4 is 5.32 Å². The third-order valence-electron chi connectivity index (χ3n) is 4.17. The summed E-state index contributed by atoms with van der Waals surface area (Å²) in [7, 11) is -0.917. The third-order valence-corrected chi connectivity index (χ3v) is 5.12. The fourth-order valence-corrected chi connectivity index (χ4v) is 3.34. The van der Waals surface area contributed by atoms with Gasteiger partial charge in [-0.05, 0) is 36.8 Å². The minimum atomic E-state index is -2.94. The fourth-order valence-electron chi connectivity index (χ4n) is 2.42. The van der Waals surface area contributed by atoms with E-state index in [1.165, 1.54) is 17.4 Å². The molecule has 0 unspecified atom stereocenters. The summed E-state index contributed by atoms with van der Waals surface area (Å²) in [6.45, 7) is 10.4. The second kappa shape index (κ2) is 9.22. The highest BCUT2D eigenvalue weighted by Crippen LogP contribution is 2.21. The summed E-state index contributed by atoms with van der Waals surface area (Å²) < 4.78 is 22.8. The molecule has 0 aromatic heterocycles. The van der Waals surface area contributed by atoms with Gasteiger partial charge in [0.1, 0.15) is 9.84 Å². The molecule has 0 radical (unpaired) electrons. The summed E-state index contributed by atoms with van der Waals surface area (Å²) in [5, 5.41) is 3.32. The standard InChI is InChI=1S/C19H33N3O2S/c1-7-20-18(21-15-19(3,4)12-13-25(6,23)24)22(5)14-17-11-9-8-10-16(17)2/h8-11H,7,12-15H2,1-6H3,(H,20,21). The molecule has 25 heavy (non-hydrogen) atoms. The van der Waals surface area contributed by atoms with E-state index in [4.69, 9.17) is 4.99 Å². The molecular formula is C19H33N3O2S. The van der Waals surface area contributed by atoms with Gasteiger partial charge in [-0.3, -0.25) is 4.99 Å². The number of rotatable bonds is 8. The first-order chi connectivity index (χ1) is 11.5. The number of nitrogens with one attached hydrogen (secondary N) is 1. The summed E-state index contributed by atoms with van der Waals surface area (Å²) in [4.78, 5) is 6.86. The first kappa shape index (κ1) is 21.5. The average Bonchev–Trinajstić information content (AvgIpc) is 2.51. The number of sulfone groups is 1. The van der Waals surface area contributed by atoms with Gasteiger partial charge in [0.05, 0.1) is 5.75 Å². The van der Waals surface area contributed by atoms with Gasteiger partial charge in [0.2, 0.25) is 0 Å². The second-order valence-electron chi connectivity index (χ2n) is 7.50. The van der Waals surface area contributed by atoms with Gasteiger partial charge in [0, 0.05) is 32.9 Å². The summed E-state index contributed by atoms with van der Waals surface area (Å²) in [6.07, 6.45) is 1.89. The third kappa shape index (κ3) is 8.38. The number of nitrogens with zero attached hydrogens (tertiary/aromatic N) is 2. The predicted molar refractivity (Wildman–Crippen MR) is 107 cm³/mol. The molecule has 142 valence electrons. The number of aryl methyl sites for hydroxylation is 1. The zero-order valence-electron chi connectivity index (χ0n) is 16.5. The normalized spacial score (nSPS) is 13.0. The summed E-state index contributed by atoms with van der Waals surface area (Å²) in [6, 6.07) is 8.34. The Hall–Kier alpha value is -1.56. The van der Waals surface area contributed by atoms with E-state index in [2.05, 4.69) is 49.2 Å². The molecule has 0 bridgehead atoms. The lowest BCUT2D eigenvalue weighted by Crippen LogP contribution is -2.39. The van der Waals surface area contributed by atoms with E-state index < -0.39 is 9.84 Å². The van der Waals surface area contributed by atoms with Crippen LogP contribution >= 0.6 is 0 Å². The molecule has 0 aliphatic heterocycles. The van der Waals surface area contributed by atoms with E-state index >= 15 is 0 Å². The maximum Gasteiger partial charge on any atom is 0.193 e. The molecule has 0 spiro atoms. The smallest absolute Gasteiger partial charge is 0.193 e. The van der Waals surface area contributed by atoms with Crippen LogP contribution in [0.25, 0.3) is 0 Å². The van der Waals surface area contributed by atoms with Crippen molar-refractivity contribution in [1.82, 2.24) is 10.2 Å². The zero-order valence-corrected chi connectivity index (χ0v) is 17.3. The van der Waals surface area contributed by atoms with Crippen LogP contribution in [0.5, 0.6) is 0 Å². The Morgan fingerprint density at radius 2 is 1.92 bits per heavy atom. The molecule has 0 aliphatic rings. The van der Waals surface area contributed by atoms with Gasteiger partial charge in [-0.15, -0.1) is 0 Å². The van der Waals surface area contributed by atoms with E-state index in [9.17, 15) is 8.42 Å². The van der Waals surface area contributed by atoms with Crippen molar-refractivity contribution in [2.24, 2.45) is 10.4 Å². The van der Waals surface area contributed by atoms with E-state index in [0.717, 1.165) is 19.0 Å². The molecule has 0 heterocycles. The first-order valence-electron chi connectivity index (χ1n) is 8.76. The van der Waals surface area contributed by atoms with Crippen molar-refractivity contribution in [3.63, 3.8) is 0 Å². The highest BCUT2D eigenvalue weighted by atomic mass is 32.2. The Morgan fingerprint density at radius 3 is 2.48 bits per heavy atom. The predicted octanol–water partition coefficient (Wildman–Crippen LogP) is 2.85. The van der Waals surface area contributed by atoms with Crippen LogP contribution in [0, 0.1) is 12.3 Å². The summed E-state index contributed by atoms with van der Waals surface area (Å²) in [5.74, 6) is 1.05. The number of guanidine groups is 1. The van der Waals surface area contributed by atoms with E-state index in [1.54, 1.807) is 0 Å². The van der Waals surface area contributed by atoms with Crippen LogP contribution in [-0.2, 0) is 16.4 Å². The highest BCUT2D eigenvalue weighted by molar-refractivity contribution is 7.90. The SMILES string of the molecule is CCNC(=NCC(C)(C)CCS(C)(=O)=O)N(C)Cc1ccccc1C. The second-order valence-corrected chi connectivity index (χ2v) is 9.76. The molecule has 0 fully saturated rings. The van der Waals surface area contributed by atoms with Gasteiger partial charge < -0.3 is 10.2 Å². The first-order valence-corrected chi connectivity index (χ1v) is 10.8. The minimum Gasteiger partial charge on any atom is -0.357 e. The number of aliphatic imine (C=N–C) groups is 1. The molecule has 0 saturated heterocycles. The maximum atomic E-state index is 11.4. The maximum absolute atomic E-state index is 11.4. The monoisotopic (exact) mass is 367 g/mol. The van der Waals surface area contributed by atoms with Crippen LogP contribution in [0.3, 0.4) is 0 Å². The van der Waals surface area contributed by atoms with Gasteiger partial charge in [-0.25, -0.2) is 8.42 Å². The van der Waals surface area contributed by atoms with Crippen molar-refractivity contribution in [2.45, 2.75) is 40.7 Å². The van der Waals surface area contributed by atoms with Crippen molar-refractivity contribution in [2.75, 3.05) is 32.1 Å². The Balaban J connectivity index is 2.80. The van der Waals surface area contributed by atoms with Gasteiger partial charge in [-0.1, -0.05) is 38.1 Å². The van der Waals surface area contributed by atoms with Crippen molar-refractivity contribution in [3.8, 4) is 0 Å². The number of hydrogen-bond donors (Lipinski definition) is 1. The quantitative estimate of drug-likeness (QED) is 0.567. The molecule has 1 aromatic rings. The van der Waals surface area contributed by atoms with Crippen molar-refractivity contribution >= 4 is 15.8 Å². The van der Waals surface area contributed by atoms with E-state index in [-0.39, 0.29) is 11.2 Å². The Labute approximate surface area is 153 Å². The van der Waals surface area contributed by atoms with Gasteiger partial charge in [0.15, 0.2) is 5.96 Å². The average molecular weight is 368 g/mol. The van der Waals surface area contributed by atoms with Crippen LogP contribution in [0.15, 0.2) is 29.3 Å². The zero-order chi connectivity index (χ0) is 19.1. The Kier molecular flexibility index (Phi) is 7.93. The van der Waals surface area contributed by atoms with Gasteiger partial charge in [0.25, 0.3) is 0 Å². The molecule has 6 heteroatoms. The molecule has 0 amide bonds. The number of benzene rings is 1. The summed E-state index contributed by atoms with van der Waals surface area (Å²) in [5.41, 5.74) is 2.37. The molecule has 1 rings (SSSR count). The molecule has 5 nitrogen and oxygen atoms in total. The molecule has 1 N–H and O–H groups in total. The van der Waals surface area contributed by atoms with Crippen LogP contribution in [0.4, 0.5) is 0 Å². The van der Waals surface area contributed by atoms with Crippen molar-refractivity contribution < 1.29 is 8.42 Å². The largest absolute Gasteiger partial charge is 0.357 e. The fraction of sp³-hybridized carbons (Fsp3) is 0.632. The Morgan fingerprint density at radius 1 is 1.28 bits per heavy atom. The highest BCUT2D eigenvalue weighted by Gasteiger charge is 2.20. The van der Waals surface area contributed by atoms with E-state index in [1.807, 2.05) is 20.0 Å². The molecule has 0 aliphatic carbocycles. The summed E-state index contributed by atoms with van der Waals surface area (Å²) >= 11 is 0. The van der Waals surface area contributed by atoms with Crippen molar-refractivity contribution in [1.29, 1.82) is 0 Å². The lowest BCUT2D eigenvalue weighted by atomic mass is 9.90. The molecule has 0 atom stereocenters. The van der Waals surface area contributed by atoms with Crippen LogP contribution in [-0.4, -0.2) is 51.4 Å². The molecule has 0 saturated carbocycles. The van der Waals surface area contributed by atoms with Crippen molar-refractivity contribution in [3.05, 3.63) is 35.4 Å².